The van der Waals surface area contributed by atoms with Crippen molar-refractivity contribution in [2.75, 3.05) is 25.0 Å². The topological polar surface area (TPSA) is 125 Å². The van der Waals surface area contributed by atoms with Crippen molar-refractivity contribution in [1.82, 2.24) is 9.80 Å². The number of aliphatic carboxylic acids is 1. The number of carbonyl (C=O) groups is 3. The number of carboxylic acids is 1. The first-order valence-electron chi connectivity index (χ1n) is 10.4. The predicted molar refractivity (Wildman–Crippen MR) is 123 cm³/mol. The van der Waals surface area contributed by atoms with Crippen LogP contribution in [0.3, 0.4) is 0 Å². The second kappa shape index (κ2) is 9.03. The second-order valence-electron chi connectivity index (χ2n) is 9.16. The predicted octanol–water partition coefficient (Wildman–Crippen LogP) is 3.28. The Morgan fingerprint density at radius 3 is 2.50 bits per heavy atom. The fourth-order valence-electron chi connectivity index (χ4n) is 3.75. The van der Waals surface area contributed by atoms with Crippen molar-refractivity contribution in [3.8, 4) is 0 Å². The fourth-order valence-corrected chi connectivity index (χ4v) is 5.05. The number of rotatable bonds is 6. The van der Waals surface area contributed by atoms with Gasteiger partial charge in [-0.1, -0.05) is 19.1 Å². The highest BCUT2D eigenvalue weighted by Gasteiger charge is 2.50. The summed E-state index contributed by atoms with van der Waals surface area (Å²) in [5.41, 5.74) is 6.73. The van der Waals surface area contributed by atoms with Crippen molar-refractivity contribution in [3.05, 3.63) is 40.9 Å². The Bertz CT molecular complexity index is 927. The molecule has 1 fully saturated rings. The van der Waals surface area contributed by atoms with E-state index in [-0.39, 0.29) is 12.6 Å². The SMILES string of the molecule is CC(C)(C)OC(=O)Nc1ccc(CN2CCN(C3=CSC(C(=O)O)C3(C)CN)C2=O)cc1. The lowest BCUT2D eigenvalue weighted by molar-refractivity contribution is -0.138. The summed E-state index contributed by atoms with van der Waals surface area (Å²) in [5, 5.41) is 13.3. The van der Waals surface area contributed by atoms with E-state index in [2.05, 4.69) is 5.32 Å². The summed E-state index contributed by atoms with van der Waals surface area (Å²) in [6.07, 6.45) is -0.527. The number of carboxylic acid groups (broad SMARTS) is 1. The smallest absolute Gasteiger partial charge is 0.412 e. The molecule has 1 aromatic carbocycles. The van der Waals surface area contributed by atoms with Gasteiger partial charge in [0, 0.05) is 43.0 Å². The third-order valence-corrected chi connectivity index (χ3v) is 6.84. The number of ether oxygens (including phenoxy) is 1. The van der Waals surface area contributed by atoms with Crippen LogP contribution in [0, 0.1) is 5.41 Å². The summed E-state index contributed by atoms with van der Waals surface area (Å²) < 4.78 is 5.24. The number of nitrogens with one attached hydrogen (secondary N) is 1. The molecule has 2 atom stereocenters. The minimum atomic E-state index is -0.933. The third-order valence-electron chi connectivity index (χ3n) is 5.49. The van der Waals surface area contributed by atoms with E-state index in [4.69, 9.17) is 10.5 Å². The molecule has 174 valence electrons. The van der Waals surface area contributed by atoms with Gasteiger partial charge in [-0.15, -0.1) is 11.8 Å². The van der Waals surface area contributed by atoms with Crippen LogP contribution in [0.5, 0.6) is 0 Å². The number of benzene rings is 1. The molecule has 10 heteroatoms. The molecule has 2 aliphatic heterocycles. The maximum absolute atomic E-state index is 13.1. The molecule has 0 aromatic heterocycles. The first-order chi connectivity index (χ1) is 14.9. The van der Waals surface area contributed by atoms with E-state index >= 15 is 0 Å². The molecule has 0 radical (unpaired) electrons. The van der Waals surface area contributed by atoms with Crippen LogP contribution >= 0.6 is 11.8 Å². The number of carbonyl (C=O) groups excluding carboxylic acids is 2. The summed E-state index contributed by atoms with van der Waals surface area (Å²) in [7, 11) is 0. The molecule has 1 aromatic rings. The average molecular weight is 463 g/mol. The molecule has 4 N–H and O–H groups in total. The van der Waals surface area contributed by atoms with Gasteiger partial charge in [-0.25, -0.2) is 9.59 Å². The van der Waals surface area contributed by atoms with E-state index in [1.165, 1.54) is 11.8 Å². The Morgan fingerprint density at radius 2 is 1.94 bits per heavy atom. The number of thioether (sulfide) groups is 1. The Balaban J connectivity index is 1.62. The molecule has 2 unspecified atom stereocenters. The molecule has 0 aliphatic carbocycles. The normalized spacial score (nSPS) is 23.3. The Hall–Kier alpha value is -2.72. The summed E-state index contributed by atoms with van der Waals surface area (Å²) in [4.78, 5) is 39.9. The van der Waals surface area contributed by atoms with Crippen LogP contribution in [-0.4, -0.2) is 63.5 Å². The molecule has 0 bridgehead atoms. The number of nitrogens with zero attached hydrogens (tertiary/aromatic N) is 2. The fraction of sp³-hybridized carbons (Fsp3) is 0.500. The maximum Gasteiger partial charge on any atom is 0.412 e. The number of nitrogens with two attached hydrogens (primary N) is 1. The summed E-state index contributed by atoms with van der Waals surface area (Å²) in [6.45, 7) is 8.73. The molecule has 3 amide bonds. The number of urea groups is 1. The van der Waals surface area contributed by atoms with Gasteiger partial charge < -0.3 is 20.5 Å². The lowest BCUT2D eigenvalue weighted by Gasteiger charge is -2.34. The molecular formula is C22H30N4O5S. The monoisotopic (exact) mass is 462 g/mol. The van der Waals surface area contributed by atoms with E-state index in [1.807, 2.05) is 12.1 Å². The van der Waals surface area contributed by atoms with Gasteiger partial charge in [-0.3, -0.25) is 15.0 Å². The zero-order chi connectivity index (χ0) is 23.7. The van der Waals surface area contributed by atoms with Gasteiger partial charge >= 0.3 is 18.1 Å². The zero-order valence-corrected chi connectivity index (χ0v) is 19.6. The van der Waals surface area contributed by atoms with Crippen molar-refractivity contribution >= 4 is 35.5 Å². The van der Waals surface area contributed by atoms with Crippen molar-refractivity contribution in [3.63, 3.8) is 0 Å². The molecule has 9 nitrogen and oxygen atoms in total. The van der Waals surface area contributed by atoms with Crippen LogP contribution in [0.1, 0.15) is 33.3 Å². The Labute approximate surface area is 191 Å². The second-order valence-corrected chi connectivity index (χ2v) is 10.1. The van der Waals surface area contributed by atoms with Crippen molar-refractivity contribution in [1.29, 1.82) is 0 Å². The average Bonchev–Trinajstić information content (AvgIpc) is 3.22. The third kappa shape index (κ3) is 5.02. The Morgan fingerprint density at radius 1 is 1.28 bits per heavy atom. The summed E-state index contributed by atoms with van der Waals surface area (Å²) in [5.74, 6) is -0.933. The molecule has 0 spiro atoms. The first-order valence-corrected chi connectivity index (χ1v) is 11.3. The minimum absolute atomic E-state index is 0.138. The van der Waals surface area contributed by atoms with Crippen molar-refractivity contribution in [2.24, 2.45) is 11.1 Å². The highest BCUT2D eigenvalue weighted by atomic mass is 32.2. The molecule has 32 heavy (non-hydrogen) atoms. The van der Waals surface area contributed by atoms with Crippen LogP contribution in [0.2, 0.25) is 0 Å². The van der Waals surface area contributed by atoms with Crippen LogP contribution in [0.4, 0.5) is 15.3 Å². The van der Waals surface area contributed by atoms with E-state index < -0.39 is 28.3 Å². The first kappa shape index (κ1) is 23.9. The van der Waals surface area contributed by atoms with E-state index in [0.717, 1.165) is 5.56 Å². The number of anilines is 1. The van der Waals surface area contributed by atoms with Gasteiger partial charge in [0.25, 0.3) is 0 Å². The largest absolute Gasteiger partial charge is 0.480 e. The number of hydrogen-bond donors (Lipinski definition) is 3. The standard InChI is InChI=1S/C22H30N4O5S/c1-21(2,3)31-19(29)24-15-7-5-14(6-8-15)11-25-9-10-26(20(25)30)16-12-32-17(18(27)28)22(16,4)13-23/h5-8,12,17H,9-11,13,23H2,1-4H3,(H,24,29)(H,27,28). The van der Waals surface area contributed by atoms with E-state index in [9.17, 15) is 19.5 Å². The molecule has 3 rings (SSSR count). The lowest BCUT2D eigenvalue weighted by Crippen LogP contribution is -2.46. The quantitative estimate of drug-likeness (QED) is 0.592. The lowest BCUT2D eigenvalue weighted by atomic mass is 9.83. The van der Waals surface area contributed by atoms with Crippen LogP contribution in [0.15, 0.2) is 35.4 Å². The van der Waals surface area contributed by atoms with E-state index in [1.54, 1.807) is 55.0 Å². The van der Waals surface area contributed by atoms with Gasteiger partial charge in [0.15, 0.2) is 0 Å². The summed E-state index contributed by atoms with van der Waals surface area (Å²) >= 11 is 1.20. The van der Waals surface area contributed by atoms with Gasteiger partial charge in [-0.05, 0) is 43.9 Å². The van der Waals surface area contributed by atoms with Gasteiger partial charge in [-0.2, -0.15) is 0 Å². The molecule has 1 saturated heterocycles. The molecule has 0 saturated carbocycles. The molecule has 2 heterocycles. The van der Waals surface area contributed by atoms with E-state index in [0.29, 0.717) is 31.0 Å². The number of amides is 3. The zero-order valence-electron chi connectivity index (χ0n) is 18.8. The Kier molecular flexibility index (Phi) is 6.75. The van der Waals surface area contributed by atoms with Crippen LogP contribution in [0.25, 0.3) is 0 Å². The van der Waals surface area contributed by atoms with Crippen molar-refractivity contribution < 1.29 is 24.2 Å². The van der Waals surface area contributed by atoms with Crippen LogP contribution in [-0.2, 0) is 16.1 Å². The number of hydrogen-bond acceptors (Lipinski definition) is 6. The molecular weight excluding hydrogens is 432 g/mol. The van der Waals surface area contributed by atoms with Gasteiger partial charge in [0.2, 0.25) is 0 Å². The summed E-state index contributed by atoms with van der Waals surface area (Å²) in [6, 6.07) is 7.04. The maximum atomic E-state index is 13.1. The molecule has 2 aliphatic rings. The highest BCUT2D eigenvalue weighted by molar-refractivity contribution is 8.03. The minimum Gasteiger partial charge on any atom is -0.480 e. The van der Waals surface area contributed by atoms with Crippen LogP contribution < -0.4 is 11.1 Å². The van der Waals surface area contributed by atoms with Gasteiger partial charge in [0.05, 0.1) is 0 Å². The van der Waals surface area contributed by atoms with Gasteiger partial charge in [0.1, 0.15) is 10.9 Å². The highest BCUT2D eigenvalue weighted by Crippen LogP contribution is 2.47. The van der Waals surface area contributed by atoms with Crippen molar-refractivity contribution in [2.45, 2.75) is 45.1 Å².